The summed E-state index contributed by atoms with van der Waals surface area (Å²) < 4.78 is 18.4. The molecule has 2 rings (SSSR count). The minimum atomic E-state index is -0.490. The van der Waals surface area contributed by atoms with Crippen molar-refractivity contribution in [1.29, 1.82) is 0 Å². The molecular formula is C9H6BrFO. The Hall–Kier alpha value is -0.830. The summed E-state index contributed by atoms with van der Waals surface area (Å²) in [6.45, 7) is -0.490. The first-order valence-corrected chi connectivity index (χ1v) is 4.33. The van der Waals surface area contributed by atoms with Crippen molar-refractivity contribution < 1.29 is 8.81 Å². The van der Waals surface area contributed by atoms with Crippen molar-refractivity contribution in [2.45, 2.75) is 6.67 Å². The highest BCUT2D eigenvalue weighted by atomic mass is 79.9. The molecule has 0 N–H and O–H groups in total. The van der Waals surface area contributed by atoms with Crippen molar-refractivity contribution >= 4 is 26.9 Å². The van der Waals surface area contributed by atoms with Gasteiger partial charge in [0.2, 0.25) is 0 Å². The number of fused-ring (bicyclic) bond motifs is 1. The number of furan rings is 1. The van der Waals surface area contributed by atoms with E-state index >= 15 is 0 Å². The van der Waals surface area contributed by atoms with Gasteiger partial charge in [-0.1, -0.05) is 22.0 Å². The fraction of sp³-hybridized carbons (Fsp3) is 0.111. The largest absolute Gasteiger partial charge is 0.464 e. The molecule has 0 spiro atoms. The topological polar surface area (TPSA) is 13.1 Å². The van der Waals surface area contributed by atoms with Crippen LogP contribution in [-0.4, -0.2) is 0 Å². The highest BCUT2D eigenvalue weighted by Gasteiger charge is 2.07. The van der Waals surface area contributed by atoms with Crippen LogP contribution in [0.2, 0.25) is 0 Å². The maximum atomic E-state index is 12.4. The molecule has 0 radical (unpaired) electrons. The van der Waals surface area contributed by atoms with Gasteiger partial charge in [-0.25, -0.2) is 4.39 Å². The molecule has 0 aliphatic rings. The number of benzene rings is 1. The molecule has 1 nitrogen and oxygen atoms in total. The summed E-state index contributed by atoms with van der Waals surface area (Å²) in [5.41, 5.74) is 1.31. The molecular weight excluding hydrogens is 223 g/mol. The monoisotopic (exact) mass is 228 g/mol. The van der Waals surface area contributed by atoms with Crippen molar-refractivity contribution in [3.63, 3.8) is 0 Å². The fourth-order valence-electron chi connectivity index (χ4n) is 1.21. The van der Waals surface area contributed by atoms with Gasteiger partial charge in [0.25, 0.3) is 0 Å². The smallest absolute Gasteiger partial charge is 0.135 e. The van der Waals surface area contributed by atoms with E-state index in [1.54, 1.807) is 0 Å². The van der Waals surface area contributed by atoms with Gasteiger partial charge in [-0.05, 0) is 12.1 Å². The summed E-state index contributed by atoms with van der Waals surface area (Å²) in [7, 11) is 0. The average molecular weight is 229 g/mol. The standard InChI is InChI=1S/C9H6BrFO/c10-7-2-1-3-8-9(7)6(4-11)5-12-8/h1-3,5H,4H2. The molecule has 0 saturated heterocycles. The van der Waals surface area contributed by atoms with E-state index < -0.39 is 6.67 Å². The SMILES string of the molecule is FCc1coc2cccc(Br)c12. The lowest BCUT2D eigenvalue weighted by molar-refractivity contribution is 0.480. The second kappa shape index (κ2) is 2.90. The molecule has 0 aliphatic heterocycles. The molecule has 1 aromatic carbocycles. The highest BCUT2D eigenvalue weighted by Crippen LogP contribution is 2.29. The molecule has 0 saturated carbocycles. The van der Waals surface area contributed by atoms with E-state index in [-0.39, 0.29) is 0 Å². The average Bonchev–Trinajstić information content (AvgIpc) is 2.49. The highest BCUT2D eigenvalue weighted by molar-refractivity contribution is 9.10. The Labute approximate surface area is 77.3 Å². The first-order valence-electron chi connectivity index (χ1n) is 3.53. The van der Waals surface area contributed by atoms with Gasteiger partial charge in [0.1, 0.15) is 12.3 Å². The predicted molar refractivity (Wildman–Crippen MR) is 48.7 cm³/mol. The molecule has 0 atom stereocenters. The van der Waals surface area contributed by atoms with Crippen molar-refractivity contribution in [1.82, 2.24) is 0 Å². The third-order valence-electron chi connectivity index (χ3n) is 1.77. The Bertz CT molecular complexity index is 408. The summed E-state index contributed by atoms with van der Waals surface area (Å²) in [4.78, 5) is 0. The second-order valence-corrected chi connectivity index (χ2v) is 3.36. The van der Waals surface area contributed by atoms with E-state index in [0.29, 0.717) is 5.56 Å². The van der Waals surface area contributed by atoms with Gasteiger partial charge < -0.3 is 4.42 Å². The summed E-state index contributed by atoms with van der Waals surface area (Å²) in [5, 5.41) is 0.833. The van der Waals surface area contributed by atoms with E-state index in [4.69, 9.17) is 4.42 Å². The zero-order chi connectivity index (χ0) is 8.55. The summed E-state index contributed by atoms with van der Waals surface area (Å²) in [5.74, 6) is 0. The van der Waals surface area contributed by atoms with E-state index in [1.165, 1.54) is 6.26 Å². The first-order chi connectivity index (χ1) is 5.83. The van der Waals surface area contributed by atoms with E-state index in [2.05, 4.69) is 15.9 Å². The number of hydrogen-bond acceptors (Lipinski definition) is 1. The first kappa shape index (κ1) is 7.80. The number of hydrogen-bond donors (Lipinski definition) is 0. The van der Waals surface area contributed by atoms with E-state index in [1.807, 2.05) is 18.2 Å². The Kier molecular flexibility index (Phi) is 1.89. The molecule has 62 valence electrons. The zero-order valence-corrected chi connectivity index (χ0v) is 7.77. The van der Waals surface area contributed by atoms with Gasteiger partial charge in [0.15, 0.2) is 0 Å². The summed E-state index contributed by atoms with van der Waals surface area (Å²) in [6.07, 6.45) is 1.45. The van der Waals surface area contributed by atoms with Gasteiger partial charge >= 0.3 is 0 Å². The van der Waals surface area contributed by atoms with Crippen LogP contribution in [-0.2, 0) is 6.67 Å². The van der Waals surface area contributed by atoms with Crippen LogP contribution in [0.25, 0.3) is 11.0 Å². The van der Waals surface area contributed by atoms with Crippen LogP contribution in [0.1, 0.15) is 5.56 Å². The lowest BCUT2D eigenvalue weighted by atomic mass is 10.2. The van der Waals surface area contributed by atoms with Crippen molar-refractivity contribution in [3.05, 3.63) is 34.5 Å². The summed E-state index contributed by atoms with van der Waals surface area (Å²) in [6, 6.07) is 5.55. The Morgan fingerprint density at radius 2 is 2.25 bits per heavy atom. The number of alkyl halides is 1. The van der Waals surface area contributed by atoms with Crippen LogP contribution >= 0.6 is 15.9 Å². The Morgan fingerprint density at radius 3 is 3.00 bits per heavy atom. The minimum absolute atomic E-state index is 0.490. The molecule has 3 heteroatoms. The van der Waals surface area contributed by atoms with Crippen LogP contribution in [0.5, 0.6) is 0 Å². The fourth-order valence-corrected chi connectivity index (χ4v) is 1.81. The van der Waals surface area contributed by atoms with Gasteiger partial charge in [0.05, 0.1) is 6.26 Å². The molecule has 1 heterocycles. The summed E-state index contributed by atoms with van der Waals surface area (Å²) >= 11 is 3.34. The molecule has 0 bridgehead atoms. The lowest BCUT2D eigenvalue weighted by Crippen LogP contribution is -1.74. The molecule has 0 aliphatic carbocycles. The third-order valence-corrected chi connectivity index (χ3v) is 2.43. The molecule has 0 amide bonds. The van der Waals surface area contributed by atoms with Crippen molar-refractivity contribution in [2.75, 3.05) is 0 Å². The van der Waals surface area contributed by atoms with Crippen LogP contribution in [0, 0.1) is 0 Å². The molecule has 2 aromatic rings. The van der Waals surface area contributed by atoms with Gasteiger partial charge in [0, 0.05) is 15.4 Å². The lowest BCUT2D eigenvalue weighted by Gasteiger charge is -1.93. The molecule has 1 aromatic heterocycles. The van der Waals surface area contributed by atoms with Crippen LogP contribution < -0.4 is 0 Å². The number of rotatable bonds is 1. The Morgan fingerprint density at radius 1 is 1.42 bits per heavy atom. The molecule has 0 fully saturated rings. The Balaban J connectivity index is 2.83. The number of halogens is 2. The van der Waals surface area contributed by atoms with Gasteiger partial charge in [-0.3, -0.25) is 0 Å². The quantitative estimate of drug-likeness (QED) is 0.727. The van der Waals surface area contributed by atoms with Crippen molar-refractivity contribution in [2.24, 2.45) is 0 Å². The zero-order valence-electron chi connectivity index (χ0n) is 6.18. The van der Waals surface area contributed by atoms with Crippen LogP contribution in [0.3, 0.4) is 0 Å². The molecule has 0 unspecified atom stereocenters. The van der Waals surface area contributed by atoms with Crippen LogP contribution in [0.4, 0.5) is 4.39 Å². The van der Waals surface area contributed by atoms with Crippen LogP contribution in [0.15, 0.2) is 33.4 Å². The maximum absolute atomic E-state index is 12.4. The normalized spacial score (nSPS) is 10.8. The van der Waals surface area contributed by atoms with Crippen molar-refractivity contribution in [3.8, 4) is 0 Å². The third kappa shape index (κ3) is 1.05. The maximum Gasteiger partial charge on any atom is 0.135 e. The predicted octanol–water partition coefficient (Wildman–Crippen LogP) is 3.66. The van der Waals surface area contributed by atoms with Gasteiger partial charge in [-0.15, -0.1) is 0 Å². The molecule has 12 heavy (non-hydrogen) atoms. The van der Waals surface area contributed by atoms with E-state index in [0.717, 1.165) is 15.4 Å². The van der Waals surface area contributed by atoms with Gasteiger partial charge in [-0.2, -0.15) is 0 Å². The minimum Gasteiger partial charge on any atom is -0.464 e. The second-order valence-electron chi connectivity index (χ2n) is 2.51. The van der Waals surface area contributed by atoms with E-state index in [9.17, 15) is 4.39 Å².